The average Bonchev–Trinajstić information content (AvgIpc) is 2.60. The second kappa shape index (κ2) is 7.82. The Bertz CT molecular complexity index is 784. The van der Waals surface area contributed by atoms with Crippen LogP contribution < -0.4 is 15.8 Å². The van der Waals surface area contributed by atoms with Crippen LogP contribution in [0, 0.1) is 0 Å². The number of methoxy groups -OCH3 is 2. The van der Waals surface area contributed by atoms with Crippen molar-refractivity contribution in [2.24, 2.45) is 0 Å². The van der Waals surface area contributed by atoms with Crippen molar-refractivity contribution in [1.82, 2.24) is 0 Å². The number of hydrogen-bond acceptors (Lipinski definition) is 5. The molecular formula is C18H18N2O4. The Morgan fingerprint density at radius 3 is 2.54 bits per heavy atom. The quantitative estimate of drug-likeness (QED) is 0.501. The van der Waals surface area contributed by atoms with Crippen molar-refractivity contribution >= 4 is 29.3 Å². The van der Waals surface area contributed by atoms with E-state index in [1.165, 1.54) is 20.3 Å². The smallest absolute Gasteiger partial charge is 0.339 e. The summed E-state index contributed by atoms with van der Waals surface area (Å²) in [5.41, 5.74) is 7.73. The van der Waals surface area contributed by atoms with E-state index in [0.29, 0.717) is 17.1 Å². The summed E-state index contributed by atoms with van der Waals surface area (Å²) in [5, 5.41) is 2.65. The Labute approximate surface area is 139 Å². The normalized spacial score (nSPS) is 10.4. The first-order chi connectivity index (χ1) is 11.5. The molecule has 0 saturated heterocycles. The van der Waals surface area contributed by atoms with Crippen molar-refractivity contribution in [1.29, 1.82) is 0 Å². The molecule has 0 aliphatic heterocycles. The molecule has 0 unspecified atom stereocenters. The summed E-state index contributed by atoms with van der Waals surface area (Å²) < 4.78 is 9.77. The number of carbonyl (C=O) groups excluding carboxylic acids is 2. The number of para-hydroxylation sites is 1. The van der Waals surface area contributed by atoms with Crippen LogP contribution >= 0.6 is 0 Å². The molecule has 0 saturated carbocycles. The van der Waals surface area contributed by atoms with Crippen LogP contribution in [0.1, 0.15) is 15.9 Å². The first-order valence-corrected chi connectivity index (χ1v) is 7.15. The molecule has 2 rings (SSSR count). The number of benzene rings is 2. The van der Waals surface area contributed by atoms with E-state index in [0.717, 1.165) is 5.56 Å². The van der Waals surface area contributed by atoms with E-state index in [9.17, 15) is 9.59 Å². The third-order valence-electron chi connectivity index (χ3n) is 3.27. The topological polar surface area (TPSA) is 90.6 Å². The SMILES string of the molecule is COC(=O)c1ccccc1NC(=O)/C=C\c1ccc(OC)c(N)c1. The fourth-order valence-corrected chi connectivity index (χ4v) is 2.08. The third kappa shape index (κ3) is 4.13. The van der Waals surface area contributed by atoms with Crippen molar-refractivity contribution < 1.29 is 19.1 Å². The number of hydrogen-bond donors (Lipinski definition) is 2. The largest absolute Gasteiger partial charge is 0.495 e. The van der Waals surface area contributed by atoms with Gasteiger partial charge in [0, 0.05) is 6.08 Å². The Morgan fingerprint density at radius 2 is 1.88 bits per heavy atom. The first kappa shape index (κ1) is 17.1. The molecule has 2 aromatic rings. The standard InChI is InChI=1S/C18H18N2O4/c1-23-16-9-7-12(11-14(16)19)8-10-17(21)20-15-6-4-3-5-13(15)18(22)24-2/h3-11H,19H2,1-2H3,(H,20,21)/b10-8-. The predicted octanol–water partition coefficient (Wildman–Crippen LogP) is 2.72. The van der Waals surface area contributed by atoms with Crippen LogP contribution in [-0.4, -0.2) is 26.1 Å². The number of nitrogens with one attached hydrogen (secondary N) is 1. The lowest BCUT2D eigenvalue weighted by Crippen LogP contribution is -2.12. The van der Waals surface area contributed by atoms with Gasteiger partial charge in [-0.3, -0.25) is 4.79 Å². The van der Waals surface area contributed by atoms with Crippen molar-refractivity contribution in [2.75, 3.05) is 25.3 Å². The molecule has 0 fully saturated rings. The molecule has 0 heterocycles. The maximum Gasteiger partial charge on any atom is 0.339 e. The number of nitrogens with two attached hydrogens (primary N) is 1. The van der Waals surface area contributed by atoms with E-state index in [1.54, 1.807) is 48.5 Å². The highest BCUT2D eigenvalue weighted by Gasteiger charge is 2.12. The van der Waals surface area contributed by atoms with Crippen LogP contribution in [0.5, 0.6) is 5.75 Å². The van der Waals surface area contributed by atoms with Gasteiger partial charge in [-0.2, -0.15) is 0 Å². The van der Waals surface area contributed by atoms with Gasteiger partial charge in [0.15, 0.2) is 0 Å². The second-order valence-corrected chi connectivity index (χ2v) is 4.86. The summed E-state index contributed by atoms with van der Waals surface area (Å²) >= 11 is 0. The van der Waals surface area contributed by atoms with Crippen LogP contribution in [0.3, 0.4) is 0 Å². The van der Waals surface area contributed by atoms with E-state index in [2.05, 4.69) is 10.1 Å². The number of rotatable bonds is 5. The number of esters is 1. The zero-order chi connectivity index (χ0) is 17.5. The third-order valence-corrected chi connectivity index (χ3v) is 3.27. The average molecular weight is 326 g/mol. The van der Waals surface area contributed by atoms with E-state index in [1.807, 2.05) is 0 Å². The highest BCUT2D eigenvalue weighted by Crippen LogP contribution is 2.22. The summed E-state index contributed by atoms with van der Waals surface area (Å²) in [6.45, 7) is 0. The lowest BCUT2D eigenvalue weighted by Gasteiger charge is -2.08. The number of nitrogen functional groups attached to an aromatic ring is 1. The summed E-state index contributed by atoms with van der Waals surface area (Å²) in [5.74, 6) is -0.317. The molecule has 2 aromatic carbocycles. The fourth-order valence-electron chi connectivity index (χ4n) is 2.08. The van der Waals surface area contributed by atoms with E-state index < -0.39 is 5.97 Å². The molecule has 0 radical (unpaired) electrons. The number of ether oxygens (including phenoxy) is 2. The lowest BCUT2D eigenvalue weighted by molar-refractivity contribution is -0.111. The Kier molecular flexibility index (Phi) is 5.57. The molecule has 0 atom stereocenters. The van der Waals surface area contributed by atoms with Crippen molar-refractivity contribution in [2.45, 2.75) is 0 Å². The van der Waals surface area contributed by atoms with Gasteiger partial charge in [-0.15, -0.1) is 0 Å². The molecule has 124 valence electrons. The van der Waals surface area contributed by atoms with Gasteiger partial charge in [0.05, 0.1) is 31.2 Å². The van der Waals surface area contributed by atoms with Crippen LogP contribution in [0.2, 0.25) is 0 Å². The van der Waals surface area contributed by atoms with Gasteiger partial charge < -0.3 is 20.5 Å². The van der Waals surface area contributed by atoms with Gasteiger partial charge in [0.25, 0.3) is 0 Å². The van der Waals surface area contributed by atoms with Gasteiger partial charge >= 0.3 is 5.97 Å². The molecule has 0 bridgehead atoms. The van der Waals surface area contributed by atoms with E-state index >= 15 is 0 Å². The Hall–Kier alpha value is -3.28. The number of anilines is 2. The predicted molar refractivity (Wildman–Crippen MR) is 92.9 cm³/mol. The number of amides is 1. The summed E-state index contributed by atoms with van der Waals surface area (Å²) in [7, 11) is 2.82. The van der Waals surface area contributed by atoms with Crippen LogP contribution in [0.15, 0.2) is 48.5 Å². The van der Waals surface area contributed by atoms with Crippen molar-refractivity contribution in [3.8, 4) is 5.75 Å². The molecule has 1 amide bonds. The molecule has 3 N–H and O–H groups in total. The Balaban J connectivity index is 2.11. The highest BCUT2D eigenvalue weighted by molar-refractivity contribution is 6.06. The second-order valence-electron chi connectivity index (χ2n) is 4.86. The fraction of sp³-hybridized carbons (Fsp3) is 0.111. The molecule has 0 aliphatic carbocycles. The minimum atomic E-state index is -0.516. The maximum atomic E-state index is 12.1. The van der Waals surface area contributed by atoms with Crippen molar-refractivity contribution in [3.05, 3.63) is 59.7 Å². The molecular weight excluding hydrogens is 308 g/mol. The van der Waals surface area contributed by atoms with Gasteiger partial charge in [0.2, 0.25) is 5.91 Å². The molecule has 0 aromatic heterocycles. The highest BCUT2D eigenvalue weighted by atomic mass is 16.5. The first-order valence-electron chi connectivity index (χ1n) is 7.15. The minimum absolute atomic E-state index is 0.287. The minimum Gasteiger partial charge on any atom is -0.495 e. The van der Waals surface area contributed by atoms with Crippen LogP contribution in [0.4, 0.5) is 11.4 Å². The maximum absolute atomic E-state index is 12.1. The summed E-state index contributed by atoms with van der Waals surface area (Å²) in [4.78, 5) is 23.7. The van der Waals surface area contributed by atoms with E-state index in [-0.39, 0.29) is 11.5 Å². The van der Waals surface area contributed by atoms with Gasteiger partial charge in [-0.1, -0.05) is 18.2 Å². The van der Waals surface area contributed by atoms with Crippen LogP contribution in [0.25, 0.3) is 6.08 Å². The summed E-state index contributed by atoms with van der Waals surface area (Å²) in [6, 6.07) is 11.8. The van der Waals surface area contributed by atoms with E-state index in [4.69, 9.17) is 10.5 Å². The summed E-state index contributed by atoms with van der Waals surface area (Å²) in [6.07, 6.45) is 2.97. The molecule has 6 nitrogen and oxygen atoms in total. The van der Waals surface area contributed by atoms with Gasteiger partial charge in [-0.25, -0.2) is 4.79 Å². The van der Waals surface area contributed by atoms with Crippen molar-refractivity contribution in [3.63, 3.8) is 0 Å². The molecule has 24 heavy (non-hydrogen) atoms. The van der Waals surface area contributed by atoms with Crippen LogP contribution in [-0.2, 0) is 9.53 Å². The zero-order valence-electron chi connectivity index (χ0n) is 13.4. The number of carbonyl (C=O) groups is 2. The zero-order valence-corrected chi connectivity index (χ0v) is 13.4. The molecule has 0 spiro atoms. The molecule has 0 aliphatic rings. The monoisotopic (exact) mass is 326 g/mol. The lowest BCUT2D eigenvalue weighted by atomic mass is 10.1. The van der Waals surface area contributed by atoms with Gasteiger partial charge in [-0.05, 0) is 35.9 Å². The molecule has 6 heteroatoms. The van der Waals surface area contributed by atoms with Gasteiger partial charge in [0.1, 0.15) is 5.75 Å². The Morgan fingerprint density at radius 1 is 1.12 bits per heavy atom.